The van der Waals surface area contributed by atoms with Gasteiger partial charge in [-0.3, -0.25) is 24.5 Å². The minimum Gasteiger partial charge on any atom is -0.321 e. The van der Waals surface area contributed by atoms with Crippen molar-refractivity contribution in [1.82, 2.24) is 10.3 Å². The van der Waals surface area contributed by atoms with E-state index >= 15 is 0 Å². The number of nitrogens with zero attached hydrogens (tertiary/aromatic N) is 2. The first-order valence-corrected chi connectivity index (χ1v) is 16.3. The average molecular weight is 705 g/mol. The fourth-order valence-electron chi connectivity index (χ4n) is 4.19. The van der Waals surface area contributed by atoms with E-state index < -0.39 is 16.7 Å². The number of aromatic nitrogens is 1. The van der Waals surface area contributed by atoms with Crippen LogP contribution in [0.5, 0.6) is 0 Å². The summed E-state index contributed by atoms with van der Waals surface area (Å²) in [6.45, 7) is 0. The molecular weight excluding hydrogens is 681 g/mol. The second-order valence-corrected chi connectivity index (χ2v) is 12.4. The number of para-hydroxylation sites is 1. The third-order valence-electron chi connectivity index (χ3n) is 6.38. The zero-order valence-corrected chi connectivity index (χ0v) is 27.3. The average Bonchev–Trinajstić information content (AvgIpc) is 3.52. The highest BCUT2D eigenvalue weighted by molar-refractivity contribution is 8.00. The normalized spacial score (nSPS) is 11.1. The molecule has 0 radical (unpaired) electrons. The molecule has 236 valence electrons. The summed E-state index contributed by atoms with van der Waals surface area (Å²) in [5.41, 5.74) is 1.69. The van der Waals surface area contributed by atoms with Crippen LogP contribution in [0.3, 0.4) is 0 Å². The standard InChI is InChI=1S/C33H23Cl2N5O5S2/c34-22-13-14-25(26(35)16-22)28-18-47-33(38-28)39-30(41)19-46-24-11-6-10-23(17-24)36-32(43)27(37-31(42)20-7-2-1-3-8-20)15-21-9-4-5-12-29(21)40(44)45/h1-18H,19H2,(H,36,43)(H,37,42)(H,38,39,41)/b27-15+. The molecular formula is C33H23Cl2N5O5S2. The Balaban J connectivity index is 1.26. The van der Waals surface area contributed by atoms with Crippen molar-refractivity contribution < 1.29 is 19.3 Å². The Labute approximate surface area is 287 Å². The number of hydrogen-bond acceptors (Lipinski definition) is 8. The van der Waals surface area contributed by atoms with Gasteiger partial charge in [-0.25, -0.2) is 4.98 Å². The largest absolute Gasteiger partial charge is 0.321 e. The van der Waals surface area contributed by atoms with Crippen LogP contribution < -0.4 is 16.0 Å². The molecule has 0 aliphatic carbocycles. The van der Waals surface area contributed by atoms with Gasteiger partial charge >= 0.3 is 0 Å². The second kappa shape index (κ2) is 15.5. The Bertz CT molecular complexity index is 2000. The predicted octanol–water partition coefficient (Wildman–Crippen LogP) is 8.17. The number of hydrogen-bond donors (Lipinski definition) is 3. The third kappa shape index (κ3) is 9.05. The monoisotopic (exact) mass is 703 g/mol. The summed E-state index contributed by atoms with van der Waals surface area (Å²) in [6.07, 6.45) is 1.25. The molecule has 0 saturated carbocycles. The van der Waals surface area contributed by atoms with Gasteiger partial charge in [0.2, 0.25) is 5.91 Å². The molecule has 5 rings (SSSR count). The number of nitro benzene ring substituents is 1. The number of carbonyl (C=O) groups is 3. The predicted molar refractivity (Wildman–Crippen MR) is 187 cm³/mol. The number of thioether (sulfide) groups is 1. The van der Waals surface area contributed by atoms with Gasteiger partial charge in [0.05, 0.1) is 27.0 Å². The van der Waals surface area contributed by atoms with E-state index in [4.69, 9.17) is 23.2 Å². The zero-order valence-electron chi connectivity index (χ0n) is 24.1. The third-order valence-corrected chi connectivity index (χ3v) is 8.68. The number of thiazole rings is 1. The van der Waals surface area contributed by atoms with E-state index in [1.165, 1.54) is 47.4 Å². The first kappa shape index (κ1) is 33.4. The summed E-state index contributed by atoms with van der Waals surface area (Å²) in [6, 6.07) is 26.0. The van der Waals surface area contributed by atoms with Crippen LogP contribution in [0.4, 0.5) is 16.5 Å². The number of carbonyl (C=O) groups excluding carboxylic acids is 3. The first-order chi connectivity index (χ1) is 22.7. The van der Waals surface area contributed by atoms with Crippen LogP contribution in [0.1, 0.15) is 15.9 Å². The number of benzene rings is 4. The molecule has 3 amide bonds. The first-order valence-electron chi connectivity index (χ1n) is 13.7. The van der Waals surface area contributed by atoms with E-state index in [-0.39, 0.29) is 28.6 Å². The summed E-state index contributed by atoms with van der Waals surface area (Å²) in [4.78, 5) is 55.2. The van der Waals surface area contributed by atoms with Crippen molar-refractivity contribution in [3.05, 3.63) is 139 Å². The molecule has 47 heavy (non-hydrogen) atoms. The fourth-order valence-corrected chi connectivity index (χ4v) is 6.18. The molecule has 5 aromatic rings. The Kier molecular flexibility index (Phi) is 11.0. The molecule has 0 aliphatic heterocycles. The van der Waals surface area contributed by atoms with Crippen LogP contribution in [0.2, 0.25) is 10.0 Å². The van der Waals surface area contributed by atoms with Crippen molar-refractivity contribution in [3.8, 4) is 11.3 Å². The van der Waals surface area contributed by atoms with Crippen molar-refractivity contribution >= 4 is 86.6 Å². The molecule has 0 unspecified atom stereocenters. The van der Waals surface area contributed by atoms with Gasteiger partial charge in [-0.1, -0.05) is 59.6 Å². The number of halogens is 2. The molecule has 1 aromatic heterocycles. The van der Waals surface area contributed by atoms with Gasteiger partial charge in [-0.15, -0.1) is 23.1 Å². The van der Waals surface area contributed by atoms with Crippen LogP contribution >= 0.6 is 46.3 Å². The van der Waals surface area contributed by atoms with E-state index in [9.17, 15) is 24.5 Å². The minimum absolute atomic E-state index is 0.0595. The van der Waals surface area contributed by atoms with Gasteiger partial charge in [-0.2, -0.15) is 0 Å². The van der Waals surface area contributed by atoms with E-state index in [0.29, 0.717) is 42.6 Å². The molecule has 4 aromatic carbocycles. The lowest BCUT2D eigenvalue weighted by atomic mass is 10.1. The van der Waals surface area contributed by atoms with Gasteiger partial charge in [-0.05, 0) is 60.7 Å². The molecule has 10 nitrogen and oxygen atoms in total. The van der Waals surface area contributed by atoms with E-state index in [0.717, 1.165) is 0 Å². The minimum atomic E-state index is -0.701. The van der Waals surface area contributed by atoms with Crippen LogP contribution in [-0.2, 0) is 9.59 Å². The van der Waals surface area contributed by atoms with Crippen LogP contribution in [0, 0.1) is 10.1 Å². The summed E-state index contributed by atoms with van der Waals surface area (Å²) in [5, 5.41) is 22.8. The summed E-state index contributed by atoms with van der Waals surface area (Å²) < 4.78 is 0. The Hall–Kier alpha value is -5.01. The van der Waals surface area contributed by atoms with Crippen LogP contribution in [-0.4, -0.2) is 33.4 Å². The molecule has 0 fully saturated rings. The van der Waals surface area contributed by atoms with Crippen molar-refractivity contribution in [3.63, 3.8) is 0 Å². The highest BCUT2D eigenvalue weighted by atomic mass is 35.5. The highest BCUT2D eigenvalue weighted by Gasteiger charge is 2.19. The van der Waals surface area contributed by atoms with Crippen molar-refractivity contribution in [2.45, 2.75) is 4.90 Å². The molecule has 3 N–H and O–H groups in total. The van der Waals surface area contributed by atoms with Crippen LogP contribution in [0.25, 0.3) is 17.3 Å². The Morgan fingerprint density at radius 1 is 0.915 bits per heavy atom. The lowest BCUT2D eigenvalue weighted by molar-refractivity contribution is -0.385. The zero-order chi connectivity index (χ0) is 33.3. The number of rotatable bonds is 11. The van der Waals surface area contributed by atoms with Gasteiger partial charge < -0.3 is 16.0 Å². The maximum absolute atomic E-state index is 13.4. The molecule has 0 atom stereocenters. The maximum Gasteiger partial charge on any atom is 0.276 e. The highest BCUT2D eigenvalue weighted by Crippen LogP contribution is 2.32. The van der Waals surface area contributed by atoms with E-state index in [1.54, 1.807) is 84.2 Å². The lowest BCUT2D eigenvalue weighted by Crippen LogP contribution is -2.30. The van der Waals surface area contributed by atoms with Gasteiger partial charge in [0.15, 0.2) is 5.13 Å². The van der Waals surface area contributed by atoms with Gasteiger partial charge in [0.25, 0.3) is 17.5 Å². The van der Waals surface area contributed by atoms with Gasteiger partial charge in [0, 0.05) is 38.2 Å². The molecule has 0 bridgehead atoms. The summed E-state index contributed by atoms with van der Waals surface area (Å²) in [7, 11) is 0. The SMILES string of the molecule is O=C(CSc1cccc(NC(=O)/C(=C\c2ccccc2[N+](=O)[O-])NC(=O)c2ccccc2)c1)Nc1nc(-c2ccc(Cl)cc2Cl)cs1. The Morgan fingerprint density at radius 3 is 2.45 bits per heavy atom. The van der Waals surface area contributed by atoms with Crippen molar-refractivity contribution in [2.24, 2.45) is 0 Å². The molecule has 0 aliphatic rings. The summed E-state index contributed by atoms with van der Waals surface area (Å²) >= 11 is 14.8. The molecule has 1 heterocycles. The smallest absolute Gasteiger partial charge is 0.276 e. The number of nitrogens with one attached hydrogen (secondary N) is 3. The fraction of sp³-hybridized carbons (Fsp3) is 0.0303. The van der Waals surface area contributed by atoms with Crippen LogP contribution in [0.15, 0.2) is 113 Å². The molecule has 14 heteroatoms. The van der Waals surface area contributed by atoms with E-state index in [1.807, 2.05) is 0 Å². The molecule has 0 spiro atoms. The van der Waals surface area contributed by atoms with E-state index in [2.05, 4.69) is 20.9 Å². The topological polar surface area (TPSA) is 143 Å². The summed E-state index contributed by atoms with van der Waals surface area (Å²) in [5.74, 6) is -1.49. The Morgan fingerprint density at radius 2 is 1.68 bits per heavy atom. The molecule has 0 saturated heterocycles. The maximum atomic E-state index is 13.4. The quantitative estimate of drug-likeness (QED) is 0.0545. The van der Waals surface area contributed by atoms with Gasteiger partial charge in [0.1, 0.15) is 5.70 Å². The number of anilines is 2. The lowest BCUT2D eigenvalue weighted by Gasteiger charge is -2.12. The van der Waals surface area contributed by atoms with Crippen molar-refractivity contribution in [1.29, 1.82) is 0 Å². The number of nitro groups is 1. The van der Waals surface area contributed by atoms with Crippen molar-refractivity contribution in [2.75, 3.05) is 16.4 Å². The second-order valence-electron chi connectivity index (χ2n) is 9.67. The number of amides is 3.